The molecule has 0 aliphatic rings. The molecule has 18 heavy (non-hydrogen) atoms. The highest BCUT2D eigenvalue weighted by molar-refractivity contribution is 5.82. The Morgan fingerprint density at radius 1 is 1.28 bits per heavy atom. The van der Waals surface area contributed by atoms with Crippen LogP contribution in [0.3, 0.4) is 0 Å². The van der Waals surface area contributed by atoms with Gasteiger partial charge in [0.2, 0.25) is 0 Å². The van der Waals surface area contributed by atoms with Crippen LogP contribution in [0.1, 0.15) is 27.9 Å². The van der Waals surface area contributed by atoms with Crippen molar-refractivity contribution >= 4 is 18.3 Å². The number of carbonyl (C=O) groups excluding carboxylic acids is 1. The zero-order valence-corrected chi connectivity index (χ0v) is 9.07. The number of hydrogen-bond acceptors (Lipinski definition) is 2. The predicted molar refractivity (Wildman–Crippen MR) is 58.1 cm³/mol. The molecule has 6 heteroatoms. The van der Waals surface area contributed by atoms with Crippen molar-refractivity contribution < 1.29 is 27.9 Å². The average molecular weight is 258 g/mol. The number of halogens is 3. The maximum Gasteiger partial charge on any atom is 0.416 e. The predicted octanol–water partition coefficient (Wildman–Crippen LogP) is 3.01. The molecule has 1 N–H and O–H groups in total. The lowest BCUT2D eigenvalue weighted by Crippen LogP contribution is -2.05. The zero-order chi connectivity index (χ0) is 13.8. The molecule has 0 spiro atoms. The van der Waals surface area contributed by atoms with Crippen LogP contribution >= 0.6 is 0 Å². The number of carboxylic acid groups (broad SMARTS) is 1. The Morgan fingerprint density at radius 3 is 2.44 bits per heavy atom. The van der Waals surface area contributed by atoms with Crippen molar-refractivity contribution in [1.82, 2.24) is 0 Å². The summed E-state index contributed by atoms with van der Waals surface area (Å²) in [6.45, 7) is 0. The maximum atomic E-state index is 12.4. The van der Waals surface area contributed by atoms with Crippen LogP contribution in [0.2, 0.25) is 0 Å². The highest BCUT2D eigenvalue weighted by Gasteiger charge is 2.30. The van der Waals surface area contributed by atoms with Gasteiger partial charge in [-0.05, 0) is 17.7 Å². The minimum Gasteiger partial charge on any atom is -0.481 e. The minimum atomic E-state index is -4.51. The van der Waals surface area contributed by atoms with Crippen LogP contribution in [0.25, 0.3) is 6.08 Å². The molecule has 0 atom stereocenters. The molecular formula is C12H9F3O3. The van der Waals surface area contributed by atoms with Crippen LogP contribution in [-0.4, -0.2) is 17.4 Å². The molecule has 1 aromatic carbocycles. The first-order chi connectivity index (χ1) is 8.34. The SMILES string of the molecule is O=Cc1cc(C(F)(F)F)ccc1C=CCC(=O)O. The standard InChI is InChI=1S/C12H9F3O3/c13-12(14,15)10-5-4-8(9(6-10)7-16)2-1-3-11(17)18/h1-2,4-7H,3H2,(H,17,18). The van der Waals surface area contributed by atoms with Crippen molar-refractivity contribution in [2.24, 2.45) is 0 Å². The van der Waals surface area contributed by atoms with Crippen LogP contribution in [0.5, 0.6) is 0 Å². The number of carboxylic acids is 1. The Bertz CT molecular complexity index is 490. The lowest BCUT2D eigenvalue weighted by atomic mass is 10.0. The molecule has 0 radical (unpaired) electrons. The summed E-state index contributed by atoms with van der Waals surface area (Å²) in [7, 11) is 0. The van der Waals surface area contributed by atoms with E-state index in [0.29, 0.717) is 6.29 Å². The van der Waals surface area contributed by atoms with E-state index >= 15 is 0 Å². The molecule has 0 bridgehead atoms. The van der Waals surface area contributed by atoms with Crippen LogP contribution in [0, 0.1) is 0 Å². The van der Waals surface area contributed by atoms with Gasteiger partial charge in [-0.1, -0.05) is 18.2 Å². The molecule has 0 saturated carbocycles. The highest BCUT2D eigenvalue weighted by Crippen LogP contribution is 2.30. The van der Waals surface area contributed by atoms with Gasteiger partial charge < -0.3 is 5.11 Å². The lowest BCUT2D eigenvalue weighted by molar-refractivity contribution is -0.138. The first kappa shape index (κ1) is 14.0. The molecule has 0 fully saturated rings. The number of aldehydes is 1. The fraction of sp³-hybridized carbons (Fsp3) is 0.167. The number of benzene rings is 1. The van der Waals surface area contributed by atoms with Gasteiger partial charge in [0.25, 0.3) is 0 Å². The van der Waals surface area contributed by atoms with Gasteiger partial charge in [0.05, 0.1) is 12.0 Å². The number of hydrogen-bond donors (Lipinski definition) is 1. The van der Waals surface area contributed by atoms with Crippen LogP contribution in [0.15, 0.2) is 24.3 Å². The molecule has 1 aromatic rings. The Balaban J connectivity index is 3.04. The number of carbonyl (C=O) groups is 2. The van der Waals surface area contributed by atoms with Gasteiger partial charge >= 0.3 is 12.1 Å². The van der Waals surface area contributed by atoms with E-state index in [0.717, 1.165) is 18.2 Å². The molecule has 96 valence electrons. The third-order valence-electron chi connectivity index (χ3n) is 2.13. The average Bonchev–Trinajstić information content (AvgIpc) is 2.27. The highest BCUT2D eigenvalue weighted by atomic mass is 19.4. The van der Waals surface area contributed by atoms with E-state index in [1.165, 1.54) is 12.2 Å². The van der Waals surface area contributed by atoms with Gasteiger partial charge in [0.1, 0.15) is 0 Å². The van der Waals surface area contributed by atoms with E-state index in [1.807, 2.05) is 0 Å². The number of aliphatic carboxylic acids is 1. The number of alkyl halides is 3. The first-order valence-corrected chi connectivity index (χ1v) is 4.89. The summed E-state index contributed by atoms with van der Waals surface area (Å²) in [5.41, 5.74) is -0.800. The topological polar surface area (TPSA) is 54.4 Å². The van der Waals surface area contributed by atoms with E-state index in [4.69, 9.17) is 5.11 Å². The second-order valence-electron chi connectivity index (χ2n) is 3.46. The third kappa shape index (κ3) is 3.73. The van der Waals surface area contributed by atoms with E-state index in [1.54, 1.807) is 0 Å². The Labute approximate surface area is 101 Å². The first-order valence-electron chi connectivity index (χ1n) is 4.89. The van der Waals surface area contributed by atoms with Gasteiger partial charge in [0, 0.05) is 5.56 Å². The van der Waals surface area contributed by atoms with Crippen molar-refractivity contribution in [3.05, 3.63) is 41.0 Å². The quantitative estimate of drug-likeness (QED) is 0.844. The Hall–Kier alpha value is -2.11. The molecule has 0 amide bonds. The summed E-state index contributed by atoms with van der Waals surface area (Å²) < 4.78 is 37.1. The fourth-order valence-electron chi connectivity index (χ4n) is 1.29. The Kier molecular flexibility index (Phi) is 4.25. The smallest absolute Gasteiger partial charge is 0.416 e. The monoisotopic (exact) mass is 258 g/mol. The van der Waals surface area contributed by atoms with Crippen molar-refractivity contribution in [3.63, 3.8) is 0 Å². The van der Waals surface area contributed by atoms with Crippen LogP contribution < -0.4 is 0 Å². The van der Waals surface area contributed by atoms with Gasteiger partial charge in [-0.3, -0.25) is 9.59 Å². The second kappa shape index (κ2) is 5.48. The summed E-state index contributed by atoms with van der Waals surface area (Å²) in [6.07, 6.45) is -1.91. The summed E-state index contributed by atoms with van der Waals surface area (Å²) in [6, 6.07) is 2.70. The Morgan fingerprint density at radius 2 is 1.94 bits per heavy atom. The molecule has 3 nitrogen and oxygen atoms in total. The van der Waals surface area contributed by atoms with E-state index in [2.05, 4.69) is 0 Å². The summed E-state index contributed by atoms with van der Waals surface area (Å²) >= 11 is 0. The molecule has 0 unspecified atom stereocenters. The minimum absolute atomic E-state index is 0.133. The second-order valence-corrected chi connectivity index (χ2v) is 3.46. The normalized spacial score (nSPS) is 11.7. The lowest BCUT2D eigenvalue weighted by Gasteiger charge is -2.08. The molecule has 0 aromatic heterocycles. The molecule has 0 aliphatic heterocycles. The van der Waals surface area contributed by atoms with E-state index in [-0.39, 0.29) is 17.5 Å². The van der Waals surface area contributed by atoms with Gasteiger partial charge in [-0.15, -0.1) is 0 Å². The molecular weight excluding hydrogens is 249 g/mol. The largest absolute Gasteiger partial charge is 0.481 e. The maximum absolute atomic E-state index is 12.4. The van der Waals surface area contributed by atoms with Gasteiger partial charge in [-0.2, -0.15) is 13.2 Å². The van der Waals surface area contributed by atoms with E-state index in [9.17, 15) is 22.8 Å². The summed E-state index contributed by atoms with van der Waals surface area (Å²) in [5.74, 6) is -1.06. The van der Waals surface area contributed by atoms with Crippen molar-refractivity contribution in [3.8, 4) is 0 Å². The molecule has 0 heterocycles. The van der Waals surface area contributed by atoms with Gasteiger partial charge in [0.15, 0.2) is 6.29 Å². The zero-order valence-electron chi connectivity index (χ0n) is 9.07. The summed E-state index contributed by atoms with van der Waals surface area (Å²) in [4.78, 5) is 20.9. The molecule has 0 saturated heterocycles. The third-order valence-corrected chi connectivity index (χ3v) is 2.13. The van der Waals surface area contributed by atoms with E-state index < -0.39 is 17.7 Å². The van der Waals surface area contributed by atoms with Crippen LogP contribution in [-0.2, 0) is 11.0 Å². The van der Waals surface area contributed by atoms with Gasteiger partial charge in [-0.25, -0.2) is 0 Å². The summed E-state index contributed by atoms with van der Waals surface area (Å²) in [5, 5.41) is 8.40. The fourth-order valence-corrected chi connectivity index (χ4v) is 1.29. The van der Waals surface area contributed by atoms with Crippen LogP contribution in [0.4, 0.5) is 13.2 Å². The number of rotatable bonds is 4. The van der Waals surface area contributed by atoms with Crippen molar-refractivity contribution in [2.45, 2.75) is 12.6 Å². The van der Waals surface area contributed by atoms with Crippen molar-refractivity contribution in [1.29, 1.82) is 0 Å². The molecule has 1 rings (SSSR count). The van der Waals surface area contributed by atoms with Crippen molar-refractivity contribution in [2.75, 3.05) is 0 Å². The molecule has 0 aliphatic carbocycles.